The van der Waals surface area contributed by atoms with Gasteiger partial charge in [0.1, 0.15) is 0 Å². The Kier molecular flexibility index (Phi) is 3.48. The highest BCUT2D eigenvalue weighted by Crippen LogP contribution is 2.11. The minimum Gasteiger partial charge on any atom is -0.224 e. The molecule has 0 amide bonds. The van der Waals surface area contributed by atoms with Gasteiger partial charge < -0.3 is 0 Å². The molecular weight excluding hydrogens is 208 g/mol. The molecule has 0 spiro atoms. The second kappa shape index (κ2) is 4.45. The van der Waals surface area contributed by atoms with Gasteiger partial charge in [-0.05, 0) is 24.6 Å². The van der Waals surface area contributed by atoms with Crippen molar-refractivity contribution in [2.45, 2.75) is 11.8 Å². The third-order valence-electron chi connectivity index (χ3n) is 1.87. The van der Waals surface area contributed by atoms with Crippen LogP contribution in [0.5, 0.6) is 0 Å². The van der Waals surface area contributed by atoms with Crippen LogP contribution in [0.2, 0.25) is 0 Å². The molecular formula is C12H14O2S. The molecule has 0 atom stereocenters. The van der Waals surface area contributed by atoms with Crippen LogP contribution >= 0.6 is 0 Å². The van der Waals surface area contributed by atoms with Crippen molar-refractivity contribution in [2.24, 2.45) is 0 Å². The Morgan fingerprint density at radius 3 is 2.20 bits per heavy atom. The Balaban J connectivity index is 2.96. The van der Waals surface area contributed by atoms with Crippen molar-refractivity contribution < 1.29 is 8.42 Å². The molecule has 0 radical (unpaired) electrons. The number of rotatable bonds is 3. The van der Waals surface area contributed by atoms with Crippen LogP contribution in [0, 0.1) is 0 Å². The van der Waals surface area contributed by atoms with Crippen LogP contribution < -0.4 is 0 Å². The minimum atomic E-state index is -3.09. The smallest absolute Gasteiger partial charge is 0.175 e. The first kappa shape index (κ1) is 11.7. The number of benzene rings is 1. The van der Waals surface area contributed by atoms with E-state index < -0.39 is 9.84 Å². The predicted molar refractivity (Wildman–Crippen MR) is 63.4 cm³/mol. The summed E-state index contributed by atoms with van der Waals surface area (Å²) in [7, 11) is -3.09. The molecule has 0 heterocycles. The Labute approximate surface area is 90.9 Å². The molecule has 80 valence electrons. The average Bonchev–Trinajstić information content (AvgIpc) is 2.14. The van der Waals surface area contributed by atoms with Gasteiger partial charge in [-0.1, -0.05) is 36.4 Å². The molecule has 0 saturated heterocycles. The highest BCUT2D eigenvalue weighted by molar-refractivity contribution is 7.90. The maximum atomic E-state index is 11.2. The molecule has 1 aromatic carbocycles. The lowest BCUT2D eigenvalue weighted by Crippen LogP contribution is -1.95. The molecule has 0 saturated carbocycles. The van der Waals surface area contributed by atoms with Crippen LogP contribution in [0.25, 0.3) is 6.08 Å². The maximum absolute atomic E-state index is 11.2. The van der Waals surface area contributed by atoms with Gasteiger partial charge in [-0.15, -0.1) is 0 Å². The first-order valence-electron chi connectivity index (χ1n) is 4.53. The molecule has 15 heavy (non-hydrogen) atoms. The van der Waals surface area contributed by atoms with Crippen LogP contribution in [0.3, 0.4) is 0 Å². The van der Waals surface area contributed by atoms with Gasteiger partial charge in [-0.3, -0.25) is 0 Å². The lowest BCUT2D eigenvalue weighted by atomic mass is 10.2. The van der Waals surface area contributed by atoms with Crippen molar-refractivity contribution in [3.8, 4) is 0 Å². The molecule has 0 aromatic heterocycles. The fraction of sp³-hybridized carbons (Fsp3) is 0.167. The topological polar surface area (TPSA) is 34.1 Å². The van der Waals surface area contributed by atoms with E-state index in [0.29, 0.717) is 4.90 Å². The Hall–Kier alpha value is -1.35. The summed E-state index contributed by atoms with van der Waals surface area (Å²) in [5.41, 5.74) is 1.92. The molecule has 1 rings (SSSR count). The Morgan fingerprint density at radius 2 is 1.80 bits per heavy atom. The highest BCUT2D eigenvalue weighted by Gasteiger charge is 2.04. The summed E-state index contributed by atoms with van der Waals surface area (Å²) in [6.45, 7) is 5.65. The van der Waals surface area contributed by atoms with Gasteiger partial charge in [-0.25, -0.2) is 8.42 Å². The molecule has 0 N–H and O–H groups in total. The van der Waals surface area contributed by atoms with Gasteiger partial charge in [0.05, 0.1) is 4.90 Å². The van der Waals surface area contributed by atoms with Crippen molar-refractivity contribution in [2.75, 3.05) is 6.26 Å². The summed E-state index contributed by atoms with van der Waals surface area (Å²) < 4.78 is 22.4. The molecule has 0 unspecified atom stereocenters. The molecule has 0 aliphatic rings. The fourth-order valence-electron chi connectivity index (χ4n) is 1.06. The predicted octanol–water partition coefficient (Wildman–Crippen LogP) is 2.68. The highest BCUT2D eigenvalue weighted by atomic mass is 32.2. The zero-order chi connectivity index (χ0) is 11.5. The molecule has 2 nitrogen and oxygen atoms in total. The summed E-state index contributed by atoms with van der Waals surface area (Å²) in [6.07, 6.45) is 4.98. The van der Waals surface area contributed by atoms with Crippen molar-refractivity contribution in [1.82, 2.24) is 0 Å². The Morgan fingerprint density at radius 1 is 1.27 bits per heavy atom. The van der Waals surface area contributed by atoms with Crippen molar-refractivity contribution in [3.63, 3.8) is 0 Å². The van der Waals surface area contributed by atoms with Gasteiger partial charge in [0, 0.05) is 6.26 Å². The van der Waals surface area contributed by atoms with E-state index in [1.165, 1.54) is 6.26 Å². The van der Waals surface area contributed by atoms with E-state index >= 15 is 0 Å². The summed E-state index contributed by atoms with van der Waals surface area (Å²) in [6, 6.07) is 6.76. The van der Waals surface area contributed by atoms with Crippen molar-refractivity contribution in [1.29, 1.82) is 0 Å². The summed E-state index contributed by atoms with van der Waals surface area (Å²) >= 11 is 0. The molecule has 0 fully saturated rings. The average molecular weight is 222 g/mol. The van der Waals surface area contributed by atoms with Crippen molar-refractivity contribution >= 4 is 15.9 Å². The second-order valence-corrected chi connectivity index (χ2v) is 5.54. The van der Waals surface area contributed by atoms with Gasteiger partial charge in [-0.2, -0.15) is 0 Å². The van der Waals surface area contributed by atoms with Crippen LogP contribution in [0.15, 0.2) is 47.4 Å². The van der Waals surface area contributed by atoms with Crippen LogP contribution in [0.4, 0.5) is 0 Å². The number of hydrogen-bond acceptors (Lipinski definition) is 2. The van der Waals surface area contributed by atoms with Crippen LogP contribution in [-0.4, -0.2) is 14.7 Å². The number of allylic oxidation sites excluding steroid dienone is 2. The van der Waals surface area contributed by atoms with E-state index in [2.05, 4.69) is 6.58 Å². The first-order chi connectivity index (χ1) is 6.89. The lowest BCUT2D eigenvalue weighted by molar-refractivity contribution is 0.602. The molecule has 0 aliphatic carbocycles. The SMILES string of the molecule is C=C(C)C=Cc1ccc(S(C)(=O)=O)cc1. The zero-order valence-electron chi connectivity index (χ0n) is 8.90. The van der Waals surface area contributed by atoms with E-state index in [4.69, 9.17) is 0 Å². The summed E-state index contributed by atoms with van der Waals surface area (Å²) in [5, 5.41) is 0. The largest absolute Gasteiger partial charge is 0.224 e. The van der Waals surface area contributed by atoms with E-state index in [0.717, 1.165) is 11.1 Å². The van der Waals surface area contributed by atoms with E-state index in [9.17, 15) is 8.42 Å². The quantitative estimate of drug-likeness (QED) is 0.737. The molecule has 0 bridgehead atoms. The van der Waals surface area contributed by atoms with Gasteiger partial charge in [0.15, 0.2) is 9.84 Å². The van der Waals surface area contributed by atoms with Crippen LogP contribution in [-0.2, 0) is 9.84 Å². The fourth-order valence-corrected chi connectivity index (χ4v) is 1.70. The van der Waals surface area contributed by atoms with E-state index in [1.807, 2.05) is 19.1 Å². The lowest BCUT2D eigenvalue weighted by Gasteiger charge is -1.98. The minimum absolute atomic E-state index is 0.343. The number of hydrogen-bond donors (Lipinski definition) is 0. The van der Waals surface area contributed by atoms with Crippen molar-refractivity contribution in [3.05, 3.63) is 48.1 Å². The summed E-state index contributed by atoms with van der Waals surface area (Å²) in [4.78, 5) is 0.343. The van der Waals surface area contributed by atoms with E-state index in [1.54, 1.807) is 24.3 Å². The normalized spacial score (nSPS) is 11.9. The maximum Gasteiger partial charge on any atom is 0.175 e. The Bertz CT molecular complexity index is 479. The standard InChI is InChI=1S/C12H14O2S/c1-10(2)4-5-11-6-8-12(9-7-11)15(3,13)14/h4-9H,1H2,2-3H3. The molecule has 3 heteroatoms. The van der Waals surface area contributed by atoms with Gasteiger partial charge >= 0.3 is 0 Å². The van der Waals surface area contributed by atoms with Gasteiger partial charge in [0.2, 0.25) is 0 Å². The van der Waals surface area contributed by atoms with Crippen LogP contribution in [0.1, 0.15) is 12.5 Å². The van der Waals surface area contributed by atoms with Gasteiger partial charge in [0.25, 0.3) is 0 Å². The zero-order valence-corrected chi connectivity index (χ0v) is 9.71. The first-order valence-corrected chi connectivity index (χ1v) is 6.42. The number of sulfone groups is 1. The second-order valence-electron chi connectivity index (χ2n) is 3.52. The molecule has 1 aromatic rings. The third kappa shape index (κ3) is 3.72. The van der Waals surface area contributed by atoms with E-state index in [-0.39, 0.29) is 0 Å². The molecule has 0 aliphatic heterocycles. The summed E-state index contributed by atoms with van der Waals surface area (Å²) in [5.74, 6) is 0. The third-order valence-corrected chi connectivity index (χ3v) is 3.00. The monoisotopic (exact) mass is 222 g/mol.